The number of carbonyl (C=O) groups excluding carboxylic acids is 1. The van der Waals surface area contributed by atoms with E-state index in [0.717, 1.165) is 12.1 Å². The molecule has 1 heterocycles. The van der Waals surface area contributed by atoms with E-state index in [9.17, 15) is 22.8 Å². The average molecular weight is 343 g/mol. The van der Waals surface area contributed by atoms with Crippen LogP contribution < -0.4 is 0 Å². The van der Waals surface area contributed by atoms with Crippen molar-refractivity contribution in [2.24, 2.45) is 11.8 Å². The van der Waals surface area contributed by atoms with E-state index in [1.165, 1.54) is 6.07 Å². The number of halogens is 3. The van der Waals surface area contributed by atoms with Crippen LogP contribution >= 0.6 is 0 Å². The van der Waals surface area contributed by atoms with Crippen LogP contribution in [0.15, 0.2) is 24.3 Å². The van der Waals surface area contributed by atoms with Gasteiger partial charge in [-0.25, -0.2) is 0 Å². The lowest BCUT2D eigenvalue weighted by Gasteiger charge is -2.32. The third-order valence-electron chi connectivity index (χ3n) is 4.37. The molecule has 0 unspecified atom stereocenters. The number of aliphatic carboxylic acids is 1. The highest BCUT2D eigenvalue weighted by atomic mass is 19.4. The highest BCUT2D eigenvalue weighted by molar-refractivity contribution is 5.79. The molecule has 132 valence electrons. The van der Waals surface area contributed by atoms with Crippen molar-refractivity contribution in [3.8, 4) is 0 Å². The number of nitrogens with zero attached hydrogens (tertiary/aromatic N) is 1. The molecule has 1 fully saturated rings. The van der Waals surface area contributed by atoms with E-state index >= 15 is 0 Å². The fourth-order valence-corrected chi connectivity index (χ4v) is 2.97. The maximum atomic E-state index is 12.7. The monoisotopic (exact) mass is 343 g/mol. The molecule has 0 aliphatic carbocycles. The zero-order valence-electron chi connectivity index (χ0n) is 13.3. The van der Waals surface area contributed by atoms with Gasteiger partial charge in [-0.3, -0.25) is 9.59 Å². The van der Waals surface area contributed by atoms with Gasteiger partial charge in [0.15, 0.2) is 0 Å². The van der Waals surface area contributed by atoms with E-state index in [0.29, 0.717) is 31.5 Å². The summed E-state index contributed by atoms with van der Waals surface area (Å²) in [6.45, 7) is 2.44. The first-order chi connectivity index (χ1) is 11.2. The van der Waals surface area contributed by atoms with Crippen molar-refractivity contribution in [3.05, 3.63) is 35.4 Å². The molecule has 0 aromatic heterocycles. The summed E-state index contributed by atoms with van der Waals surface area (Å²) in [7, 11) is 0. The lowest BCUT2D eigenvalue weighted by molar-refractivity contribution is -0.146. The second-order valence-electron chi connectivity index (χ2n) is 6.24. The third-order valence-corrected chi connectivity index (χ3v) is 4.37. The summed E-state index contributed by atoms with van der Waals surface area (Å²) in [5.74, 6) is -1.86. The SMILES string of the molecule is C[C@@H](Cc1cccc(C(F)(F)F)c1)C(=O)N1CCC(C(=O)O)CC1. The molecule has 0 radical (unpaired) electrons. The number of carbonyl (C=O) groups is 2. The van der Waals surface area contributed by atoms with Crippen LogP contribution in [0.4, 0.5) is 13.2 Å². The molecule has 1 atom stereocenters. The molecule has 2 rings (SSSR count). The van der Waals surface area contributed by atoms with Gasteiger partial charge in [0.1, 0.15) is 0 Å². The van der Waals surface area contributed by atoms with Gasteiger partial charge in [-0.15, -0.1) is 0 Å². The van der Waals surface area contributed by atoms with Crippen LogP contribution in [-0.4, -0.2) is 35.0 Å². The van der Waals surface area contributed by atoms with Crippen molar-refractivity contribution in [2.45, 2.75) is 32.4 Å². The Morgan fingerprint density at radius 3 is 2.46 bits per heavy atom. The Labute approximate surface area is 138 Å². The van der Waals surface area contributed by atoms with Crippen LogP contribution in [0.25, 0.3) is 0 Å². The standard InChI is InChI=1S/C17H20F3NO3/c1-11(9-12-3-2-4-14(10-12)17(18,19)20)15(22)21-7-5-13(6-8-21)16(23)24/h2-4,10-11,13H,5-9H2,1H3,(H,23,24)/t11-/m0/s1. The molecular formula is C17H20F3NO3. The van der Waals surface area contributed by atoms with Crippen LogP contribution in [0.3, 0.4) is 0 Å². The van der Waals surface area contributed by atoms with Crippen molar-refractivity contribution >= 4 is 11.9 Å². The largest absolute Gasteiger partial charge is 0.481 e. The number of likely N-dealkylation sites (tertiary alicyclic amines) is 1. The minimum absolute atomic E-state index is 0.142. The zero-order valence-corrected chi connectivity index (χ0v) is 13.3. The Morgan fingerprint density at radius 2 is 1.92 bits per heavy atom. The van der Waals surface area contributed by atoms with Crippen LogP contribution in [-0.2, 0) is 22.2 Å². The molecule has 4 nitrogen and oxygen atoms in total. The number of carboxylic acid groups (broad SMARTS) is 1. The molecule has 1 aliphatic heterocycles. The van der Waals surface area contributed by atoms with Gasteiger partial charge in [0, 0.05) is 19.0 Å². The van der Waals surface area contributed by atoms with Crippen molar-refractivity contribution in [3.63, 3.8) is 0 Å². The molecular weight excluding hydrogens is 323 g/mol. The summed E-state index contributed by atoms with van der Waals surface area (Å²) in [6, 6.07) is 5.00. The first kappa shape index (κ1) is 18.3. The molecule has 1 aliphatic rings. The summed E-state index contributed by atoms with van der Waals surface area (Å²) < 4.78 is 38.2. The Morgan fingerprint density at radius 1 is 1.29 bits per heavy atom. The van der Waals surface area contributed by atoms with Crippen LogP contribution in [0.5, 0.6) is 0 Å². The first-order valence-electron chi connectivity index (χ1n) is 7.86. The van der Waals surface area contributed by atoms with Crippen molar-refractivity contribution in [1.29, 1.82) is 0 Å². The molecule has 1 saturated heterocycles. The topological polar surface area (TPSA) is 57.6 Å². The summed E-state index contributed by atoms with van der Waals surface area (Å²) in [4.78, 5) is 24.9. The Balaban J connectivity index is 1.96. The molecule has 1 N–H and O–H groups in total. The molecule has 1 aromatic carbocycles. The van der Waals surface area contributed by atoms with E-state index in [4.69, 9.17) is 5.11 Å². The molecule has 24 heavy (non-hydrogen) atoms. The van der Waals surface area contributed by atoms with Gasteiger partial charge in [0.05, 0.1) is 11.5 Å². The molecule has 0 saturated carbocycles. The van der Waals surface area contributed by atoms with E-state index in [1.807, 2.05) is 0 Å². The normalized spacial score (nSPS) is 17.6. The Kier molecular flexibility index (Phi) is 5.51. The number of benzene rings is 1. The molecule has 0 bridgehead atoms. The van der Waals surface area contributed by atoms with Crippen molar-refractivity contribution in [1.82, 2.24) is 4.90 Å². The number of piperidine rings is 1. The van der Waals surface area contributed by atoms with Crippen LogP contribution in [0.2, 0.25) is 0 Å². The molecule has 0 spiro atoms. The predicted molar refractivity (Wildman–Crippen MR) is 81.3 cm³/mol. The molecule has 1 aromatic rings. The fraction of sp³-hybridized carbons (Fsp3) is 0.529. The van der Waals surface area contributed by atoms with Crippen molar-refractivity contribution < 1.29 is 27.9 Å². The van der Waals surface area contributed by atoms with Gasteiger partial charge in [0.2, 0.25) is 5.91 Å². The van der Waals surface area contributed by atoms with Gasteiger partial charge in [-0.1, -0.05) is 25.1 Å². The van der Waals surface area contributed by atoms with Gasteiger partial charge in [0.25, 0.3) is 0 Å². The fourth-order valence-electron chi connectivity index (χ4n) is 2.97. The van der Waals surface area contributed by atoms with Crippen molar-refractivity contribution in [2.75, 3.05) is 13.1 Å². The maximum Gasteiger partial charge on any atom is 0.416 e. The highest BCUT2D eigenvalue weighted by Gasteiger charge is 2.31. The zero-order chi connectivity index (χ0) is 17.9. The van der Waals surface area contributed by atoms with E-state index < -0.39 is 29.5 Å². The minimum atomic E-state index is -4.40. The van der Waals surface area contributed by atoms with Gasteiger partial charge >= 0.3 is 12.1 Å². The van der Waals surface area contributed by atoms with E-state index in [1.54, 1.807) is 17.9 Å². The third kappa shape index (κ3) is 4.49. The summed E-state index contributed by atoms with van der Waals surface area (Å²) >= 11 is 0. The lowest BCUT2D eigenvalue weighted by atomic mass is 9.94. The van der Waals surface area contributed by atoms with Gasteiger partial charge in [-0.05, 0) is 30.9 Å². The number of hydrogen-bond donors (Lipinski definition) is 1. The summed E-state index contributed by atoms with van der Waals surface area (Å²) in [5.41, 5.74) is -0.256. The summed E-state index contributed by atoms with van der Waals surface area (Å²) in [5, 5.41) is 8.96. The number of amides is 1. The second-order valence-corrected chi connectivity index (χ2v) is 6.24. The Bertz CT molecular complexity index is 607. The first-order valence-corrected chi connectivity index (χ1v) is 7.86. The maximum absolute atomic E-state index is 12.7. The number of rotatable bonds is 4. The molecule has 7 heteroatoms. The van der Waals surface area contributed by atoms with Crippen LogP contribution in [0.1, 0.15) is 30.9 Å². The minimum Gasteiger partial charge on any atom is -0.481 e. The number of alkyl halides is 3. The smallest absolute Gasteiger partial charge is 0.416 e. The van der Waals surface area contributed by atoms with E-state index in [2.05, 4.69) is 0 Å². The van der Waals surface area contributed by atoms with Gasteiger partial charge in [-0.2, -0.15) is 13.2 Å². The number of hydrogen-bond acceptors (Lipinski definition) is 2. The number of carboxylic acids is 1. The highest BCUT2D eigenvalue weighted by Crippen LogP contribution is 2.30. The summed E-state index contributed by atoms with van der Waals surface area (Å²) in [6.07, 6.45) is -3.35. The average Bonchev–Trinajstić information content (AvgIpc) is 2.53. The van der Waals surface area contributed by atoms with Crippen LogP contribution in [0, 0.1) is 11.8 Å². The second kappa shape index (κ2) is 7.23. The molecule has 1 amide bonds. The predicted octanol–water partition coefficient (Wildman–Crippen LogP) is 3.21. The Hall–Kier alpha value is -2.05. The van der Waals surface area contributed by atoms with E-state index in [-0.39, 0.29) is 12.3 Å². The lowest BCUT2D eigenvalue weighted by Crippen LogP contribution is -2.43. The van der Waals surface area contributed by atoms with Gasteiger partial charge < -0.3 is 10.0 Å². The quantitative estimate of drug-likeness (QED) is 0.913.